The lowest BCUT2D eigenvalue weighted by Gasteiger charge is -2.04. The Morgan fingerprint density at radius 1 is 0.810 bits per heavy atom. The molecule has 3 nitrogen and oxygen atoms in total. The minimum absolute atomic E-state index is 0.0656. The van der Waals surface area contributed by atoms with Gasteiger partial charge < -0.3 is 9.47 Å². The van der Waals surface area contributed by atoms with Crippen molar-refractivity contribution in [3.63, 3.8) is 0 Å². The Kier molecular flexibility index (Phi) is 16.8. The molecular formula is C18H34O3. The van der Waals surface area contributed by atoms with E-state index >= 15 is 0 Å². The van der Waals surface area contributed by atoms with Crippen molar-refractivity contribution in [3.05, 3.63) is 12.2 Å². The summed E-state index contributed by atoms with van der Waals surface area (Å²) in [6.45, 7) is 5.87. The van der Waals surface area contributed by atoms with Crippen LogP contribution < -0.4 is 0 Å². The second kappa shape index (κ2) is 17.4. The third-order valence-electron chi connectivity index (χ3n) is 3.21. The van der Waals surface area contributed by atoms with E-state index in [0.717, 1.165) is 13.0 Å². The van der Waals surface area contributed by atoms with Crippen molar-refractivity contribution >= 4 is 5.78 Å². The van der Waals surface area contributed by atoms with Crippen LogP contribution in [-0.4, -0.2) is 32.2 Å². The molecule has 0 spiro atoms. The number of unbranched alkanes of at least 4 members (excludes halogenated alkanes) is 7. The summed E-state index contributed by atoms with van der Waals surface area (Å²) in [5.74, 6) is 0.0656. The molecule has 0 unspecified atom stereocenters. The van der Waals surface area contributed by atoms with Gasteiger partial charge in [-0.1, -0.05) is 51.2 Å². The molecule has 124 valence electrons. The summed E-state index contributed by atoms with van der Waals surface area (Å²) in [6.07, 6.45) is 16.0. The fraction of sp³-hybridized carbons (Fsp3) is 0.833. The third kappa shape index (κ3) is 19.3. The molecule has 0 aromatic heterocycles. The molecule has 0 saturated carbocycles. The van der Waals surface area contributed by atoms with E-state index in [9.17, 15) is 4.79 Å². The Balaban J connectivity index is 3.01. The number of Topliss-reactive ketones (excluding diaryl/α,β-unsaturated/α-hetero) is 1. The van der Waals surface area contributed by atoms with E-state index in [1.807, 2.05) is 0 Å². The van der Waals surface area contributed by atoms with Crippen LogP contribution in [0, 0.1) is 0 Å². The standard InChI is InChI=1S/C18H34O3/c1-3-4-5-6-7-8-9-10-11-12-13-14-20-15-16-21-17-18(2)19/h5-6H,3-4,7-17H2,1-2H3/b6-5+. The third-order valence-corrected chi connectivity index (χ3v) is 3.21. The molecule has 0 radical (unpaired) electrons. The van der Waals surface area contributed by atoms with Gasteiger partial charge in [-0.15, -0.1) is 0 Å². The first-order chi connectivity index (χ1) is 10.3. The van der Waals surface area contributed by atoms with E-state index in [-0.39, 0.29) is 12.4 Å². The summed E-state index contributed by atoms with van der Waals surface area (Å²) in [7, 11) is 0. The number of allylic oxidation sites excluding steroid dienone is 2. The summed E-state index contributed by atoms with van der Waals surface area (Å²) in [6, 6.07) is 0. The fourth-order valence-corrected chi connectivity index (χ4v) is 2.01. The van der Waals surface area contributed by atoms with Crippen molar-refractivity contribution in [1.82, 2.24) is 0 Å². The highest BCUT2D eigenvalue weighted by Gasteiger charge is 1.94. The first kappa shape index (κ1) is 20.3. The summed E-state index contributed by atoms with van der Waals surface area (Å²) >= 11 is 0. The normalized spacial score (nSPS) is 11.3. The molecule has 0 fully saturated rings. The van der Waals surface area contributed by atoms with Gasteiger partial charge in [-0.3, -0.25) is 4.79 Å². The minimum atomic E-state index is 0.0656. The van der Waals surface area contributed by atoms with E-state index in [1.165, 1.54) is 58.3 Å². The zero-order valence-electron chi connectivity index (χ0n) is 14.1. The number of hydrogen-bond acceptors (Lipinski definition) is 3. The van der Waals surface area contributed by atoms with Crippen LogP contribution >= 0.6 is 0 Å². The molecule has 0 aromatic carbocycles. The first-order valence-corrected chi connectivity index (χ1v) is 8.57. The van der Waals surface area contributed by atoms with Crippen molar-refractivity contribution < 1.29 is 14.3 Å². The van der Waals surface area contributed by atoms with Crippen LogP contribution in [0.4, 0.5) is 0 Å². The predicted octanol–water partition coefficient (Wildman–Crippen LogP) is 4.70. The molecule has 3 heteroatoms. The van der Waals surface area contributed by atoms with Crippen LogP contribution in [0.5, 0.6) is 0 Å². The molecule has 0 aliphatic rings. The van der Waals surface area contributed by atoms with Gasteiger partial charge in [-0.25, -0.2) is 0 Å². The lowest BCUT2D eigenvalue weighted by atomic mass is 10.1. The average molecular weight is 298 g/mol. The number of ketones is 1. The van der Waals surface area contributed by atoms with Crippen molar-refractivity contribution in [2.24, 2.45) is 0 Å². The van der Waals surface area contributed by atoms with Gasteiger partial charge in [0.05, 0.1) is 13.2 Å². The SMILES string of the molecule is CCC/C=C/CCCCCCCCOCCOCC(C)=O. The topological polar surface area (TPSA) is 35.5 Å². The van der Waals surface area contributed by atoms with Crippen LogP contribution in [0.3, 0.4) is 0 Å². The molecule has 0 bridgehead atoms. The van der Waals surface area contributed by atoms with Crippen LogP contribution in [0.1, 0.15) is 71.6 Å². The highest BCUT2D eigenvalue weighted by Crippen LogP contribution is 2.08. The van der Waals surface area contributed by atoms with Gasteiger partial charge in [0.1, 0.15) is 6.61 Å². The van der Waals surface area contributed by atoms with Crippen LogP contribution in [0.25, 0.3) is 0 Å². The maximum Gasteiger partial charge on any atom is 0.155 e. The maximum atomic E-state index is 10.6. The molecule has 0 heterocycles. The highest BCUT2D eigenvalue weighted by molar-refractivity contribution is 5.76. The highest BCUT2D eigenvalue weighted by atomic mass is 16.5. The number of hydrogen-bond donors (Lipinski definition) is 0. The van der Waals surface area contributed by atoms with Gasteiger partial charge in [0.25, 0.3) is 0 Å². The monoisotopic (exact) mass is 298 g/mol. The lowest BCUT2D eigenvalue weighted by Crippen LogP contribution is -2.10. The van der Waals surface area contributed by atoms with Gasteiger partial charge in [-0.2, -0.15) is 0 Å². The number of rotatable bonds is 16. The van der Waals surface area contributed by atoms with Gasteiger partial charge in [-0.05, 0) is 32.6 Å². The molecule has 0 atom stereocenters. The van der Waals surface area contributed by atoms with Gasteiger partial charge in [0, 0.05) is 6.61 Å². The Morgan fingerprint density at radius 2 is 1.43 bits per heavy atom. The molecule has 0 saturated heterocycles. The number of ether oxygens (including phenoxy) is 2. The molecule has 21 heavy (non-hydrogen) atoms. The molecule has 0 aliphatic heterocycles. The van der Waals surface area contributed by atoms with Gasteiger partial charge >= 0.3 is 0 Å². The average Bonchev–Trinajstić information content (AvgIpc) is 2.46. The van der Waals surface area contributed by atoms with Crippen LogP contribution in [0.15, 0.2) is 12.2 Å². The fourth-order valence-electron chi connectivity index (χ4n) is 2.01. The first-order valence-electron chi connectivity index (χ1n) is 8.57. The van der Waals surface area contributed by atoms with E-state index in [4.69, 9.17) is 9.47 Å². The summed E-state index contributed by atoms with van der Waals surface area (Å²) in [4.78, 5) is 10.6. The summed E-state index contributed by atoms with van der Waals surface area (Å²) in [5, 5.41) is 0. The maximum absolute atomic E-state index is 10.6. The number of carbonyl (C=O) groups is 1. The van der Waals surface area contributed by atoms with Crippen LogP contribution in [0.2, 0.25) is 0 Å². The van der Waals surface area contributed by atoms with Gasteiger partial charge in [0.15, 0.2) is 5.78 Å². The zero-order valence-corrected chi connectivity index (χ0v) is 14.1. The Hall–Kier alpha value is -0.670. The molecule has 0 aliphatic carbocycles. The Morgan fingerprint density at radius 3 is 2.14 bits per heavy atom. The molecule has 0 amide bonds. The number of carbonyl (C=O) groups excluding carboxylic acids is 1. The van der Waals surface area contributed by atoms with Crippen molar-refractivity contribution in [3.8, 4) is 0 Å². The van der Waals surface area contributed by atoms with Crippen molar-refractivity contribution in [2.45, 2.75) is 71.6 Å². The zero-order chi connectivity index (χ0) is 15.6. The van der Waals surface area contributed by atoms with Crippen LogP contribution in [-0.2, 0) is 14.3 Å². The molecular weight excluding hydrogens is 264 g/mol. The Labute approximate surface area is 131 Å². The molecule has 0 rings (SSSR count). The lowest BCUT2D eigenvalue weighted by molar-refractivity contribution is -0.121. The van der Waals surface area contributed by atoms with Crippen molar-refractivity contribution in [1.29, 1.82) is 0 Å². The smallest absolute Gasteiger partial charge is 0.155 e. The minimum Gasteiger partial charge on any atom is -0.379 e. The van der Waals surface area contributed by atoms with E-state index in [2.05, 4.69) is 19.1 Å². The quantitative estimate of drug-likeness (QED) is 0.306. The molecule has 0 N–H and O–H groups in total. The van der Waals surface area contributed by atoms with E-state index in [1.54, 1.807) is 0 Å². The van der Waals surface area contributed by atoms with E-state index in [0.29, 0.717) is 13.2 Å². The second-order valence-corrected chi connectivity index (χ2v) is 5.54. The van der Waals surface area contributed by atoms with E-state index < -0.39 is 0 Å². The Bertz CT molecular complexity index is 249. The predicted molar refractivity (Wildman–Crippen MR) is 88.7 cm³/mol. The summed E-state index contributed by atoms with van der Waals surface area (Å²) < 4.78 is 10.6. The van der Waals surface area contributed by atoms with Crippen molar-refractivity contribution in [2.75, 3.05) is 26.4 Å². The summed E-state index contributed by atoms with van der Waals surface area (Å²) in [5.41, 5.74) is 0. The second-order valence-electron chi connectivity index (χ2n) is 5.54. The molecule has 0 aromatic rings. The largest absolute Gasteiger partial charge is 0.379 e. The van der Waals surface area contributed by atoms with Gasteiger partial charge in [0.2, 0.25) is 0 Å².